The summed E-state index contributed by atoms with van der Waals surface area (Å²) in [6.45, 7) is 0. The van der Waals surface area contributed by atoms with E-state index < -0.39 is 0 Å². The van der Waals surface area contributed by atoms with Crippen molar-refractivity contribution in [3.8, 4) is 16.9 Å². The summed E-state index contributed by atoms with van der Waals surface area (Å²) in [4.78, 5) is 5.93. The lowest BCUT2D eigenvalue weighted by molar-refractivity contribution is 0.415. The molecule has 0 amide bonds. The first-order valence-corrected chi connectivity index (χ1v) is 8.48. The lowest BCUT2D eigenvalue weighted by Gasteiger charge is -2.20. The monoisotopic (exact) mass is 310 g/mol. The molecule has 2 heterocycles. The second-order valence-electron chi connectivity index (χ2n) is 5.72. The Morgan fingerprint density at radius 2 is 1.91 bits per heavy atom. The molecule has 2 N–H and O–H groups in total. The molecule has 0 fully saturated rings. The second-order valence-corrected chi connectivity index (χ2v) is 6.58. The van der Waals surface area contributed by atoms with E-state index in [0.29, 0.717) is 0 Å². The summed E-state index contributed by atoms with van der Waals surface area (Å²) < 4.78 is 5.28. The summed E-state index contributed by atoms with van der Waals surface area (Å²) in [5, 5.41) is 3.13. The summed E-state index contributed by atoms with van der Waals surface area (Å²) in [6, 6.07) is 8.28. The standard InChI is InChI=1S/C18H18N2OS/c1-21-12-8-6-11(7-9-12)16-13-4-2-3-5-15(13)20-18-17(16)14(19)10-22-18/h6-10H,2-5,19H2,1H3. The molecule has 0 unspecified atom stereocenters. The smallest absolute Gasteiger partial charge is 0.126 e. The molecule has 0 saturated carbocycles. The van der Waals surface area contributed by atoms with Crippen LogP contribution in [0, 0.1) is 0 Å². The molecule has 1 aliphatic carbocycles. The first-order valence-electron chi connectivity index (χ1n) is 7.61. The van der Waals surface area contributed by atoms with Gasteiger partial charge in [-0.1, -0.05) is 12.1 Å². The maximum absolute atomic E-state index is 6.25. The third-order valence-corrected chi connectivity index (χ3v) is 5.30. The Hall–Kier alpha value is -2.07. The van der Waals surface area contributed by atoms with E-state index in [2.05, 4.69) is 12.1 Å². The van der Waals surface area contributed by atoms with Gasteiger partial charge in [-0.15, -0.1) is 11.3 Å². The summed E-state index contributed by atoms with van der Waals surface area (Å²) in [5.41, 5.74) is 12.2. The van der Waals surface area contributed by atoms with Gasteiger partial charge in [-0.25, -0.2) is 4.98 Å². The van der Waals surface area contributed by atoms with Gasteiger partial charge in [0.05, 0.1) is 12.8 Å². The SMILES string of the molecule is COc1ccc(-c2c3c(nc4scc(N)c24)CCCC3)cc1. The fourth-order valence-corrected chi connectivity index (χ4v) is 4.18. The van der Waals surface area contributed by atoms with Crippen LogP contribution in [0.1, 0.15) is 24.1 Å². The molecule has 4 rings (SSSR count). The number of benzene rings is 1. The third-order valence-electron chi connectivity index (χ3n) is 4.41. The van der Waals surface area contributed by atoms with Gasteiger partial charge in [0.15, 0.2) is 0 Å². The van der Waals surface area contributed by atoms with Crippen molar-refractivity contribution in [2.45, 2.75) is 25.7 Å². The van der Waals surface area contributed by atoms with Gasteiger partial charge in [-0.2, -0.15) is 0 Å². The fourth-order valence-electron chi connectivity index (χ4n) is 3.33. The molecule has 0 aliphatic heterocycles. The van der Waals surface area contributed by atoms with Crippen molar-refractivity contribution in [3.05, 3.63) is 40.9 Å². The lowest BCUT2D eigenvalue weighted by Crippen LogP contribution is -2.07. The van der Waals surface area contributed by atoms with Crippen LogP contribution in [0.5, 0.6) is 5.75 Å². The maximum Gasteiger partial charge on any atom is 0.126 e. The zero-order valence-corrected chi connectivity index (χ0v) is 13.4. The number of nitrogens with zero attached hydrogens (tertiary/aromatic N) is 1. The van der Waals surface area contributed by atoms with Crippen LogP contribution < -0.4 is 10.5 Å². The number of pyridine rings is 1. The van der Waals surface area contributed by atoms with Crippen molar-refractivity contribution < 1.29 is 4.74 Å². The molecular formula is C18H18N2OS. The number of aromatic nitrogens is 1. The van der Waals surface area contributed by atoms with Gasteiger partial charge >= 0.3 is 0 Å². The minimum Gasteiger partial charge on any atom is -0.497 e. The molecule has 4 heteroatoms. The Morgan fingerprint density at radius 3 is 2.68 bits per heavy atom. The van der Waals surface area contributed by atoms with E-state index in [1.807, 2.05) is 17.5 Å². The minimum absolute atomic E-state index is 0.840. The molecule has 22 heavy (non-hydrogen) atoms. The molecule has 1 aliphatic rings. The topological polar surface area (TPSA) is 48.1 Å². The zero-order chi connectivity index (χ0) is 15.1. The van der Waals surface area contributed by atoms with Crippen molar-refractivity contribution >= 4 is 27.2 Å². The van der Waals surface area contributed by atoms with E-state index in [9.17, 15) is 0 Å². The molecule has 0 bridgehead atoms. The summed E-state index contributed by atoms with van der Waals surface area (Å²) in [7, 11) is 1.69. The number of fused-ring (bicyclic) bond motifs is 2. The molecule has 0 atom stereocenters. The number of thiophene rings is 1. The summed E-state index contributed by atoms with van der Waals surface area (Å²) >= 11 is 1.64. The lowest BCUT2D eigenvalue weighted by atomic mass is 9.87. The summed E-state index contributed by atoms with van der Waals surface area (Å²) in [6.07, 6.45) is 4.63. The number of ether oxygens (including phenoxy) is 1. The predicted octanol–water partition coefficient (Wildman–Crippen LogP) is 4.43. The number of anilines is 1. The molecule has 3 aromatic rings. The molecule has 0 radical (unpaired) electrons. The normalized spacial score (nSPS) is 14.0. The molecular weight excluding hydrogens is 292 g/mol. The maximum atomic E-state index is 6.25. The highest BCUT2D eigenvalue weighted by Crippen LogP contribution is 2.41. The predicted molar refractivity (Wildman–Crippen MR) is 92.7 cm³/mol. The van der Waals surface area contributed by atoms with Crippen LogP contribution in [0.2, 0.25) is 0 Å². The third kappa shape index (κ3) is 2.06. The van der Waals surface area contributed by atoms with E-state index in [-0.39, 0.29) is 0 Å². The number of hydrogen-bond donors (Lipinski definition) is 1. The van der Waals surface area contributed by atoms with Crippen LogP contribution in [0.25, 0.3) is 21.3 Å². The Labute approximate surface area is 133 Å². The average molecular weight is 310 g/mol. The van der Waals surface area contributed by atoms with Crippen LogP contribution in [0.15, 0.2) is 29.6 Å². The first kappa shape index (κ1) is 13.6. The number of rotatable bonds is 2. The highest BCUT2D eigenvalue weighted by atomic mass is 32.1. The molecule has 3 nitrogen and oxygen atoms in total. The van der Waals surface area contributed by atoms with Gasteiger partial charge in [0.25, 0.3) is 0 Å². The van der Waals surface area contributed by atoms with Gasteiger partial charge in [-0.05, 0) is 54.5 Å². The molecule has 112 valence electrons. The van der Waals surface area contributed by atoms with E-state index >= 15 is 0 Å². The Kier molecular flexibility index (Phi) is 3.26. The molecule has 0 spiro atoms. The number of aryl methyl sites for hydroxylation is 1. The second kappa shape index (κ2) is 5.29. The fraction of sp³-hybridized carbons (Fsp3) is 0.278. The molecule has 0 saturated heterocycles. The van der Waals surface area contributed by atoms with Gasteiger partial charge < -0.3 is 10.5 Å². The van der Waals surface area contributed by atoms with Crippen LogP contribution in [0.3, 0.4) is 0 Å². The van der Waals surface area contributed by atoms with Gasteiger partial charge in [-0.3, -0.25) is 0 Å². The van der Waals surface area contributed by atoms with Gasteiger partial charge in [0, 0.05) is 16.5 Å². The van der Waals surface area contributed by atoms with Crippen molar-refractivity contribution in [2.24, 2.45) is 0 Å². The van der Waals surface area contributed by atoms with Crippen LogP contribution in [-0.2, 0) is 12.8 Å². The number of methoxy groups -OCH3 is 1. The Morgan fingerprint density at radius 1 is 1.14 bits per heavy atom. The zero-order valence-electron chi connectivity index (χ0n) is 12.6. The van der Waals surface area contributed by atoms with Gasteiger partial charge in [0.1, 0.15) is 10.6 Å². The van der Waals surface area contributed by atoms with Crippen molar-refractivity contribution in [1.29, 1.82) is 0 Å². The Bertz CT molecular complexity index is 836. The van der Waals surface area contributed by atoms with Crippen LogP contribution in [-0.4, -0.2) is 12.1 Å². The number of hydrogen-bond acceptors (Lipinski definition) is 4. The van der Waals surface area contributed by atoms with Crippen LogP contribution in [0.4, 0.5) is 5.69 Å². The largest absolute Gasteiger partial charge is 0.497 e. The average Bonchev–Trinajstić information content (AvgIpc) is 2.94. The van der Waals surface area contributed by atoms with Crippen LogP contribution >= 0.6 is 11.3 Å². The Balaban J connectivity index is 2.02. The van der Waals surface area contributed by atoms with Crippen molar-refractivity contribution in [1.82, 2.24) is 4.98 Å². The van der Waals surface area contributed by atoms with E-state index in [0.717, 1.165) is 34.5 Å². The highest BCUT2D eigenvalue weighted by Gasteiger charge is 2.21. The molecule has 1 aromatic carbocycles. The van der Waals surface area contributed by atoms with Crippen molar-refractivity contribution in [3.63, 3.8) is 0 Å². The molecule has 2 aromatic heterocycles. The van der Waals surface area contributed by atoms with Crippen molar-refractivity contribution in [2.75, 3.05) is 12.8 Å². The van der Waals surface area contributed by atoms with E-state index in [4.69, 9.17) is 15.5 Å². The highest BCUT2D eigenvalue weighted by molar-refractivity contribution is 7.17. The first-order chi connectivity index (χ1) is 10.8. The van der Waals surface area contributed by atoms with Gasteiger partial charge in [0.2, 0.25) is 0 Å². The number of nitrogens with two attached hydrogens (primary N) is 1. The number of nitrogen functional groups attached to an aromatic ring is 1. The summed E-state index contributed by atoms with van der Waals surface area (Å²) in [5.74, 6) is 0.876. The van der Waals surface area contributed by atoms with E-state index in [1.165, 1.54) is 35.2 Å². The minimum atomic E-state index is 0.840. The quantitative estimate of drug-likeness (QED) is 0.761. The van der Waals surface area contributed by atoms with E-state index in [1.54, 1.807) is 18.4 Å².